The molecule has 0 saturated heterocycles. The van der Waals surface area contributed by atoms with E-state index in [0.29, 0.717) is 6.42 Å². The number of carbonyl (C=O) groups excluding carboxylic acids is 2. The molecule has 0 spiro atoms. The highest BCUT2D eigenvalue weighted by Gasteiger charge is 2.32. The molecule has 1 fully saturated rings. The van der Waals surface area contributed by atoms with Gasteiger partial charge in [-0.25, -0.2) is 4.39 Å². The molecule has 0 unspecified atom stereocenters. The van der Waals surface area contributed by atoms with E-state index >= 15 is 0 Å². The summed E-state index contributed by atoms with van der Waals surface area (Å²) in [5.74, 6) is -0.355. The fourth-order valence-electron chi connectivity index (χ4n) is 4.57. The lowest BCUT2D eigenvalue weighted by Crippen LogP contribution is -2.52. The normalized spacial score (nSPS) is 14.4. The smallest absolute Gasteiger partial charge is 0.243 e. The van der Waals surface area contributed by atoms with E-state index in [2.05, 4.69) is 5.32 Å². The Morgan fingerprint density at radius 3 is 2.28 bits per heavy atom. The van der Waals surface area contributed by atoms with Crippen molar-refractivity contribution in [2.75, 3.05) is 5.75 Å². The maximum atomic E-state index is 13.7. The Labute approximate surface area is 217 Å². The molecule has 36 heavy (non-hydrogen) atoms. The van der Waals surface area contributed by atoms with Crippen LogP contribution in [0.3, 0.4) is 0 Å². The lowest BCUT2D eigenvalue weighted by molar-refractivity contribution is -0.139. The van der Waals surface area contributed by atoms with Gasteiger partial charge in [0.15, 0.2) is 0 Å². The second kappa shape index (κ2) is 12.7. The average molecular weight is 505 g/mol. The SMILES string of the molecule is Cc1ccc(SCC(=O)N(Cc2ccc(F)cc2)[C@@H](Cc2ccccc2)C(=O)NC2CCCC2)cc1. The van der Waals surface area contributed by atoms with Crippen molar-refractivity contribution >= 4 is 23.6 Å². The topological polar surface area (TPSA) is 49.4 Å². The number of nitrogens with zero attached hydrogens (tertiary/aromatic N) is 1. The van der Waals surface area contributed by atoms with Crippen molar-refractivity contribution < 1.29 is 14.0 Å². The van der Waals surface area contributed by atoms with Gasteiger partial charge in [-0.1, -0.05) is 73.0 Å². The fraction of sp³-hybridized carbons (Fsp3) is 0.333. The van der Waals surface area contributed by atoms with Crippen molar-refractivity contribution in [2.45, 2.75) is 62.6 Å². The number of halogens is 1. The molecule has 4 nitrogen and oxygen atoms in total. The maximum absolute atomic E-state index is 13.7. The second-order valence-corrected chi connectivity index (χ2v) is 10.5. The van der Waals surface area contributed by atoms with Gasteiger partial charge in [-0.05, 0) is 55.2 Å². The van der Waals surface area contributed by atoms with E-state index in [1.165, 1.54) is 23.9 Å². The van der Waals surface area contributed by atoms with Crippen molar-refractivity contribution in [2.24, 2.45) is 0 Å². The summed E-state index contributed by atoms with van der Waals surface area (Å²) >= 11 is 1.46. The van der Waals surface area contributed by atoms with Crippen LogP contribution in [0.2, 0.25) is 0 Å². The Hall–Kier alpha value is -3.12. The number of benzene rings is 3. The van der Waals surface area contributed by atoms with Crippen LogP contribution in [0.1, 0.15) is 42.4 Å². The molecule has 2 amide bonds. The molecule has 0 aromatic heterocycles. The third kappa shape index (κ3) is 7.44. The lowest BCUT2D eigenvalue weighted by atomic mass is 10.0. The van der Waals surface area contributed by atoms with Crippen LogP contribution < -0.4 is 5.32 Å². The van der Waals surface area contributed by atoms with Crippen LogP contribution in [-0.4, -0.2) is 34.6 Å². The molecule has 188 valence electrons. The molecule has 4 rings (SSSR count). The monoisotopic (exact) mass is 504 g/mol. The Bertz CT molecular complexity index is 1130. The summed E-state index contributed by atoms with van der Waals surface area (Å²) in [7, 11) is 0. The van der Waals surface area contributed by atoms with E-state index in [4.69, 9.17) is 0 Å². The summed E-state index contributed by atoms with van der Waals surface area (Å²) in [6.45, 7) is 2.27. The molecule has 0 heterocycles. The number of thioether (sulfide) groups is 1. The van der Waals surface area contributed by atoms with Crippen molar-refractivity contribution in [3.8, 4) is 0 Å². The average Bonchev–Trinajstić information content (AvgIpc) is 3.40. The van der Waals surface area contributed by atoms with Gasteiger partial charge in [0, 0.05) is 23.9 Å². The van der Waals surface area contributed by atoms with Crippen LogP contribution in [0.5, 0.6) is 0 Å². The largest absolute Gasteiger partial charge is 0.352 e. The molecule has 0 aliphatic heterocycles. The third-order valence-electron chi connectivity index (χ3n) is 6.62. The van der Waals surface area contributed by atoms with Gasteiger partial charge in [-0.3, -0.25) is 9.59 Å². The van der Waals surface area contributed by atoms with E-state index < -0.39 is 6.04 Å². The van der Waals surface area contributed by atoms with Crippen LogP contribution in [0.25, 0.3) is 0 Å². The number of rotatable bonds is 10. The van der Waals surface area contributed by atoms with Crippen LogP contribution in [-0.2, 0) is 22.6 Å². The van der Waals surface area contributed by atoms with Gasteiger partial charge in [0.05, 0.1) is 5.75 Å². The van der Waals surface area contributed by atoms with E-state index in [9.17, 15) is 14.0 Å². The summed E-state index contributed by atoms with van der Waals surface area (Å²) in [6.07, 6.45) is 4.58. The number of nitrogens with one attached hydrogen (secondary N) is 1. The quantitative estimate of drug-likeness (QED) is 0.349. The standard InChI is InChI=1S/C30H33FN2O2S/c1-22-11-17-27(18-12-22)36-21-29(34)33(20-24-13-15-25(31)16-14-24)28(19-23-7-3-2-4-8-23)30(35)32-26-9-5-6-10-26/h2-4,7-8,11-18,26,28H,5-6,9-10,19-21H2,1H3,(H,32,35)/t28-/m0/s1. The predicted octanol–water partition coefficient (Wildman–Crippen LogP) is 5.93. The molecular formula is C30H33FN2O2S. The molecule has 6 heteroatoms. The van der Waals surface area contributed by atoms with E-state index in [0.717, 1.165) is 47.3 Å². The Kier molecular flexibility index (Phi) is 9.17. The van der Waals surface area contributed by atoms with Gasteiger partial charge >= 0.3 is 0 Å². The van der Waals surface area contributed by atoms with E-state index in [1.54, 1.807) is 17.0 Å². The molecule has 1 atom stereocenters. The zero-order valence-corrected chi connectivity index (χ0v) is 21.5. The van der Waals surface area contributed by atoms with Crippen LogP contribution in [0.15, 0.2) is 83.8 Å². The van der Waals surface area contributed by atoms with Crippen LogP contribution in [0, 0.1) is 12.7 Å². The van der Waals surface area contributed by atoms with Crippen LogP contribution >= 0.6 is 11.8 Å². The molecular weight excluding hydrogens is 471 g/mol. The predicted molar refractivity (Wildman–Crippen MR) is 143 cm³/mol. The molecule has 3 aromatic carbocycles. The summed E-state index contributed by atoms with van der Waals surface area (Å²) in [6, 6.07) is 23.5. The Morgan fingerprint density at radius 2 is 1.61 bits per heavy atom. The highest BCUT2D eigenvalue weighted by molar-refractivity contribution is 8.00. The fourth-order valence-corrected chi connectivity index (χ4v) is 5.35. The molecule has 1 saturated carbocycles. The van der Waals surface area contributed by atoms with E-state index in [1.807, 2.05) is 61.5 Å². The molecule has 1 aliphatic rings. The molecule has 3 aromatic rings. The first-order valence-electron chi connectivity index (χ1n) is 12.6. The minimum absolute atomic E-state index is 0.118. The van der Waals surface area contributed by atoms with Gasteiger partial charge in [0.2, 0.25) is 11.8 Å². The van der Waals surface area contributed by atoms with Crippen molar-refractivity contribution in [3.63, 3.8) is 0 Å². The summed E-state index contributed by atoms with van der Waals surface area (Å²) in [5.41, 5.74) is 2.94. The molecule has 1 aliphatic carbocycles. The zero-order chi connectivity index (χ0) is 25.3. The molecule has 0 radical (unpaired) electrons. The van der Waals surface area contributed by atoms with Crippen LogP contribution in [0.4, 0.5) is 4.39 Å². The minimum atomic E-state index is -0.663. The molecule has 1 N–H and O–H groups in total. The zero-order valence-electron chi connectivity index (χ0n) is 20.7. The first-order valence-corrected chi connectivity index (χ1v) is 13.5. The second-order valence-electron chi connectivity index (χ2n) is 9.45. The Morgan fingerprint density at radius 1 is 0.944 bits per heavy atom. The van der Waals surface area contributed by atoms with Crippen molar-refractivity contribution in [3.05, 3.63) is 101 Å². The lowest BCUT2D eigenvalue weighted by Gasteiger charge is -2.32. The number of hydrogen-bond acceptors (Lipinski definition) is 3. The first kappa shape index (κ1) is 26.0. The van der Waals surface area contributed by atoms with Gasteiger partial charge < -0.3 is 10.2 Å². The first-order chi connectivity index (χ1) is 17.5. The number of hydrogen-bond donors (Lipinski definition) is 1. The molecule has 0 bridgehead atoms. The highest BCUT2D eigenvalue weighted by atomic mass is 32.2. The Balaban J connectivity index is 1.59. The van der Waals surface area contributed by atoms with Crippen molar-refractivity contribution in [1.29, 1.82) is 0 Å². The summed E-state index contributed by atoms with van der Waals surface area (Å²) in [5, 5.41) is 3.21. The number of carbonyl (C=O) groups is 2. The van der Waals surface area contributed by atoms with Gasteiger partial charge in [0.1, 0.15) is 11.9 Å². The summed E-state index contributed by atoms with van der Waals surface area (Å²) in [4.78, 5) is 30.0. The van der Waals surface area contributed by atoms with Gasteiger partial charge in [-0.15, -0.1) is 11.8 Å². The highest BCUT2D eigenvalue weighted by Crippen LogP contribution is 2.23. The maximum Gasteiger partial charge on any atom is 0.243 e. The van der Waals surface area contributed by atoms with Gasteiger partial charge in [0.25, 0.3) is 0 Å². The van der Waals surface area contributed by atoms with Gasteiger partial charge in [-0.2, -0.15) is 0 Å². The van der Waals surface area contributed by atoms with E-state index in [-0.39, 0.29) is 36.0 Å². The minimum Gasteiger partial charge on any atom is -0.352 e. The van der Waals surface area contributed by atoms with Crippen molar-refractivity contribution in [1.82, 2.24) is 10.2 Å². The number of amides is 2. The summed E-state index contributed by atoms with van der Waals surface area (Å²) < 4.78 is 13.6. The number of aryl methyl sites for hydroxylation is 1. The third-order valence-corrected chi connectivity index (χ3v) is 7.62.